The molecule has 90 valence electrons. The molecule has 2 aliphatic rings. The highest BCUT2D eigenvalue weighted by Gasteiger charge is 2.39. The van der Waals surface area contributed by atoms with E-state index in [2.05, 4.69) is 26.5 Å². The van der Waals surface area contributed by atoms with Crippen LogP contribution in [-0.4, -0.2) is 11.7 Å². The van der Waals surface area contributed by atoms with Crippen molar-refractivity contribution < 1.29 is 5.11 Å². The molecule has 0 aromatic carbocycles. The Balaban J connectivity index is 2.32. The Bertz CT molecular complexity index is 311. The SMILES string of the molecule is C=C1CCCC(C)(C)[C@H]2C=C(CO)CC[C@@H]12. The molecule has 1 N–H and O–H groups in total. The highest BCUT2D eigenvalue weighted by atomic mass is 16.3. The van der Waals surface area contributed by atoms with Gasteiger partial charge in [0.2, 0.25) is 0 Å². The van der Waals surface area contributed by atoms with Gasteiger partial charge in [-0.2, -0.15) is 0 Å². The Hall–Kier alpha value is -0.560. The zero-order chi connectivity index (χ0) is 11.8. The second-order valence-corrected chi connectivity index (χ2v) is 6.15. The van der Waals surface area contributed by atoms with Crippen molar-refractivity contribution in [2.24, 2.45) is 17.3 Å². The zero-order valence-electron chi connectivity index (χ0n) is 10.6. The van der Waals surface area contributed by atoms with Crippen LogP contribution in [0.4, 0.5) is 0 Å². The fourth-order valence-electron chi connectivity index (χ4n) is 3.46. The third kappa shape index (κ3) is 2.10. The van der Waals surface area contributed by atoms with E-state index < -0.39 is 0 Å². The quantitative estimate of drug-likeness (QED) is 0.668. The van der Waals surface area contributed by atoms with Crippen molar-refractivity contribution in [3.8, 4) is 0 Å². The van der Waals surface area contributed by atoms with E-state index >= 15 is 0 Å². The van der Waals surface area contributed by atoms with E-state index in [9.17, 15) is 5.11 Å². The fourth-order valence-corrected chi connectivity index (χ4v) is 3.46. The second kappa shape index (κ2) is 4.37. The summed E-state index contributed by atoms with van der Waals surface area (Å²) in [7, 11) is 0. The van der Waals surface area contributed by atoms with Gasteiger partial charge in [0, 0.05) is 0 Å². The summed E-state index contributed by atoms with van der Waals surface area (Å²) in [6, 6.07) is 0. The van der Waals surface area contributed by atoms with Gasteiger partial charge in [-0.25, -0.2) is 0 Å². The average molecular weight is 220 g/mol. The topological polar surface area (TPSA) is 20.2 Å². The molecule has 2 atom stereocenters. The highest BCUT2D eigenvalue weighted by molar-refractivity contribution is 5.20. The molecule has 0 bridgehead atoms. The van der Waals surface area contributed by atoms with Gasteiger partial charge in [0.25, 0.3) is 0 Å². The van der Waals surface area contributed by atoms with Gasteiger partial charge in [-0.15, -0.1) is 0 Å². The van der Waals surface area contributed by atoms with Crippen LogP contribution in [0.3, 0.4) is 0 Å². The average Bonchev–Trinajstić information content (AvgIpc) is 2.37. The van der Waals surface area contributed by atoms with E-state index in [0.717, 1.165) is 6.42 Å². The molecule has 0 heterocycles. The zero-order valence-corrected chi connectivity index (χ0v) is 10.6. The Kier molecular flexibility index (Phi) is 3.25. The van der Waals surface area contributed by atoms with Crippen molar-refractivity contribution in [2.75, 3.05) is 6.61 Å². The Labute approximate surface area is 99.3 Å². The lowest BCUT2D eigenvalue weighted by atomic mass is 9.65. The molecule has 0 aliphatic heterocycles. The highest BCUT2D eigenvalue weighted by Crippen LogP contribution is 2.49. The molecule has 0 radical (unpaired) electrons. The largest absolute Gasteiger partial charge is 0.392 e. The molecule has 1 fully saturated rings. The minimum atomic E-state index is 0.242. The van der Waals surface area contributed by atoms with Gasteiger partial charge >= 0.3 is 0 Å². The van der Waals surface area contributed by atoms with Crippen molar-refractivity contribution in [2.45, 2.75) is 46.0 Å². The van der Waals surface area contributed by atoms with Crippen LogP contribution < -0.4 is 0 Å². The van der Waals surface area contributed by atoms with Crippen LogP contribution in [0.15, 0.2) is 23.8 Å². The summed E-state index contributed by atoms with van der Waals surface area (Å²) >= 11 is 0. The molecule has 1 nitrogen and oxygen atoms in total. The predicted molar refractivity (Wildman–Crippen MR) is 68.2 cm³/mol. The normalized spacial score (nSPS) is 33.9. The number of allylic oxidation sites excluding steroid dienone is 2. The molecule has 16 heavy (non-hydrogen) atoms. The van der Waals surface area contributed by atoms with Crippen molar-refractivity contribution in [1.29, 1.82) is 0 Å². The van der Waals surface area contributed by atoms with Crippen molar-refractivity contribution in [3.05, 3.63) is 23.8 Å². The number of rotatable bonds is 1. The molecule has 0 unspecified atom stereocenters. The lowest BCUT2D eigenvalue weighted by molar-refractivity contribution is 0.182. The van der Waals surface area contributed by atoms with Crippen LogP contribution >= 0.6 is 0 Å². The Morgan fingerprint density at radius 2 is 2.19 bits per heavy atom. The first-order chi connectivity index (χ1) is 7.54. The van der Waals surface area contributed by atoms with Gasteiger partial charge in [0.05, 0.1) is 6.61 Å². The summed E-state index contributed by atoms with van der Waals surface area (Å²) < 4.78 is 0. The van der Waals surface area contributed by atoms with Gasteiger partial charge in [-0.05, 0) is 54.9 Å². The lowest BCUT2D eigenvalue weighted by Gasteiger charge is -2.39. The van der Waals surface area contributed by atoms with Gasteiger partial charge in [0.15, 0.2) is 0 Å². The molecular formula is C15H24O. The molecule has 2 rings (SSSR count). The Morgan fingerprint density at radius 1 is 1.44 bits per heavy atom. The number of hydrogen-bond acceptors (Lipinski definition) is 1. The molecular weight excluding hydrogens is 196 g/mol. The van der Waals surface area contributed by atoms with Crippen molar-refractivity contribution >= 4 is 0 Å². The molecule has 0 aromatic heterocycles. The van der Waals surface area contributed by atoms with Crippen LogP contribution in [-0.2, 0) is 0 Å². The monoisotopic (exact) mass is 220 g/mol. The maximum Gasteiger partial charge on any atom is 0.0641 e. The van der Waals surface area contributed by atoms with E-state index in [1.54, 1.807) is 0 Å². The van der Waals surface area contributed by atoms with Crippen LogP contribution in [0.5, 0.6) is 0 Å². The van der Waals surface area contributed by atoms with E-state index in [1.807, 2.05) is 0 Å². The third-order valence-corrected chi connectivity index (χ3v) is 4.57. The van der Waals surface area contributed by atoms with Crippen LogP contribution in [0.25, 0.3) is 0 Å². The maximum absolute atomic E-state index is 9.30. The molecule has 1 saturated carbocycles. The molecule has 2 aliphatic carbocycles. The predicted octanol–water partition coefficient (Wildman–Crippen LogP) is 3.70. The third-order valence-electron chi connectivity index (χ3n) is 4.57. The van der Waals surface area contributed by atoms with E-state index in [4.69, 9.17) is 0 Å². The van der Waals surface area contributed by atoms with E-state index in [1.165, 1.54) is 36.8 Å². The van der Waals surface area contributed by atoms with Gasteiger partial charge in [-0.3, -0.25) is 0 Å². The van der Waals surface area contributed by atoms with Crippen LogP contribution in [0.2, 0.25) is 0 Å². The first kappa shape index (κ1) is 11.9. The molecule has 0 amide bonds. The molecule has 1 heteroatoms. The molecule has 0 spiro atoms. The summed E-state index contributed by atoms with van der Waals surface area (Å²) in [6.45, 7) is 9.28. The Morgan fingerprint density at radius 3 is 2.88 bits per heavy atom. The van der Waals surface area contributed by atoms with Gasteiger partial charge in [0.1, 0.15) is 0 Å². The molecule has 0 aromatic rings. The summed E-state index contributed by atoms with van der Waals surface area (Å²) in [5.74, 6) is 1.26. The van der Waals surface area contributed by atoms with Gasteiger partial charge < -0.3 is 5.11 Å². The first-order valence-electron chi connectivity index (χ1n) is 6.52. The van der Waals surface area contributed by atoms with E-state index in [-0.39, 0.29) is 6.61 Å². The number of hydrogen-bond donors (Lipinski definition) is 1. The maximum atomic E-state index is 9.30. The summed E-state index contributed by atoms with van der Waals surface area (Å²) in [5, 5.41) is 9.30. The van der Waals surface area contributed by atoms with Crippen molar-refractivity contribution in [1.82, 2.24) is 0 Å². The molecule has 0 saturated heterocycles. The first-order valence-corrected chi connectivity index (χ1v) is 6.52. The van der Waals surface area contributed by atoms with E-state index in [0.29, 0.717) is 17.3 Å². The van der Waals surface area contributed by atoms with Crippen molar-refractivity contribution in [3.63, 3.8) is 0 Å². The lowest BCUT2D eigenvalue weighted by Crippen LogP contribution is -2.31. The smallest absolute Gasteiger partial charge is 0.0641 e. The fraction of sp³-hybridized carbons (Fsp3) is 0.733. The summed E-state index contributed by atoms with van der Waals surface area (Å²) in [5.41, 5.74) is 3.05. The standard InChI is InChI=1S/C15H24O/c1-11-5-4-8-15(2,3)14-9-12(10-16)6-7-13(11)14/h9,13-14,16H,1,4-8,10H2,2-3H3/t13-,14-/m0/s1. The summed E-state index contributed by atoms with van der Waals surface area (Å²) in [6.07, 6.45) is 8.37. The minimum absolute atomic E-state index is 0.242. The summed E-state index contributed by atoms with van der Waals surface area (Å²) in [4.78, 5) is 0. The van der Waals surface area contributed by atoms with Gasteiger partial charge in [-0.1, -0.05) is 32.1 Å². The van der Waals surface area contributed by atoms with Crippen LogP contribution in [0.1, 0.15) is 46.0 Å². The second-order valence-electron chi connectivity index (χ2n) is 6.15. The number of aliphatic hydroxyl groups excluding tert-OH is 1. The number of aliphatic hydroxyl groups is 1. The van der Waals surface area contributed by atoms with Crippen LogP contribution in [0, 0.1) is 17.3 Å². The minimum Gasteiger partial charge on any atom is -0.392 e. The number of fused-ring (bicyclic) bond motifs is 1.